The standard InChI is InChI=1S/C11H20O2/c1-11(7-13)9-4-2-8(3-5-9)10(11)6-12/h8-10,12-13H,2-7H2,1H3/t8?,9?,10-,11+/m1/s1. The SMILES string of the molecule is C[C@]1(CO)C2CCC(CC2)[C@H]1CO. The highest BCUT2D eigenvalue weighted by Crippen LogP contribution is 2.55. The second-order valence-corrected chi connectivity index (χ2v) is 5.06. The lowest BCUT2D eigenvalue weighted by atomic mass is 9.51. The molecule has 76 valence electrons. The molecule has 3 saturated carbocycles. The molecule has 2 heteroatoms. The van der Waals surface area contributed by atoms with Crippen molar-refractivity contribution in [3.8, 4) is 0 Å². The van der Waals surface area contributed by atoms with Crippen molar-refractivity contribution >= 4 is 0 Å². The first kappa shape index (κ1) is 9.47. The molecule has 3 fully saturated rings. The van der Waals surface area contributed by atoms with Gasteiger partial charge in [0.05, 0.1) is 0 Å². The van der Waals surface area contributed by atoms with Crippen LogP contribution >= 0.6 is 0 Å². The van der Waals surface area contributed by atoms with E-state index in [1.54, 1.807) is 0 Å². The van der Waals surface area contributed by atoms with Crippen LogP contribution in [0.15, 0.2) is 0 Å². The summed E-state index contributed by atoms with van der Waals surface area (Å²) in [6.45, 7) is 2.67. The fourth-order valence-corrected chi connectivity index (χ4v) is 3.63. The van der Waals surface area contributed by atoms with Crippen molar-refractivity contribution in [1.82, 2.24) is 0 Å². The van der Waals surface area contributed by atoms with Gasteiger partial charge < -0.3 is 10.2 Å². The fourth-order valence-electron chi connectivity index (χ4n) is 3.63. The molecule has 0 radical (unpaired) electrons. The number of rotatable bonds is 2. The summed E-state index contributed by atoms with van der Waals surface area (Å²) in [5.41, 5.74) is 0.00984. The molecular formula is C11H20O2. The van der Waals surface area contributed by atoms with Crippen molar-refractivity contribution in [3.63, 3.8) is 0 Å². The Balaban J connectivity index is 2.23. The van der Waals surface area contributed by atoms with E-state index < -0.39 is 0 Å². The van der Waals surface area contributed by atoms with Crippen molar-refractivity contribution in [2.45, 2.75) is 32.6 Å². The zero-order valence-corrected chi connectivity index (χ0v) is 8.37. The van der Waals surface area contributed by atoms with Crippen LogP contribution in [0.25, 0.3) is 0 Å². The third-order valence-electron chi connectivity index (χ3n) is 4.66. The van der Waals surface area contributed by atoms with Gasteiger partial charge in [0.2, 0.25) is 0 Å². The minimum Gasteiger partial charge on any atom is -0.396 e. The van der Waals surface area contributed by atoms with Crippen LogP contribution in [0.4, 0.5) is 0 Å². The van der Waals surface area contributed by atoms with Crippen LogP contribution < -0.4 is 0 Å². The largest absolute Gasteiger partial charge is 0.396 e. The van der Waals surface area contributed by atoms with Gasteiger partial charge in [-0.3, -0.25) is 0 Å². The van der Waals surface area contributed by atoms with Crippen LogP contribution in [0.2, 0.25) is 0 Å². The molecule has 13 heavy (non-hydrogen) atoms. The summed E-state index contributed by atoms with van der Waals surface area (Å²) in [5, 5.41) is 18.8. The highest BCUT2D eigenvalue weighted by Gasteiger charge is 2.50. The van der Waals surface area contributed by atoms with Crippen LogP contribution in [-0.4, -0.2) is 23.4 Å². The minimum atomic E-state index is 0.00984. The molecule has 3 aliphatic rings. The zero-order chi connectivity index (χ0) is 9.47. The number of fused-ring (bicyclic) bond motifs is 3. The van der Waals surface area contributed by atoms with Crippen LogP contribution in [-0.2, 0) is 0 Å². The molecule has 2 nitrogen and oxygen atoms in total. The molecule has 0 aromatic heterocycles. The van der Waals surface area contributed by atoms with E-state index in [-0.39, 0.29) is 18.6 Å². The first-order valence-corrected chi connectivity index (χ1v) is 5.44. The van der Waals surface area contributed by atoms with E-state index in [4.69, 9.17) is 0 Å². The maximum atomic E-state index is 9.46. The molecular weight excluding hydrogens is 164 g/mol. The number of aliphatic hydroxyl groups is 2. The summed E-state index contributed by atoms with van der Waals surface area (Å²) in [6, 6.07) is 0. The summed E-state index contributed by atoms with van der Waals surface area (Å²) in [7, 11) is 0. The molecule has 0 aliphatic heterocycles. The number of hydrogen-bond acceptors (Lipinski definition) is 2. The second kappa shape index (κ2) is 3.25. The molecule has 0 aromatic carbocycles. The predicted molar refractivity (Wildman–Crippen MR) is 51.2 cm³/mol. The Labute approximate surface area is 80.0 Å². The Hall–Kier alpha value is -0.0800. The average molecular weight is 184 g/mol. The zero-order valence-electron chi connectivity index (χ0n) is 8.37. The molecule has 3 rings (SSSR count). The third kappa shape index (κ3) is 1.23. The van der Waals surface area contributed by atoms with Crippen molar-refractivity contribution in [2.24, 2.45) is 23.2 Å². The van der Waals surface area contributed by atoms with Gasteiger partial charge in [-0.15, -0.1) is 0 Å². The highest BCUT2D eigenvalue weighted by molar-refractivity contribution is 4.99. The minimum absolute atomic E-state index is 0.00984. The molecule has 0 saturated heterocycles. The predicted octanol–water partition coefficient (Wildman–Crippen LogP) is 1.41. The van der Waals surface area contributed by atoms with Gasteiger partial charge in [-0.2, -0.15) is 0 Å². The third-order valence-corrected chi connectivity index (χ3v) is 4.66. The highest BCUT2D eigenvalue weighted by atomic mass is 16.3. The van der Waals surface area contributed by atoms with Crippen LogP contribution in [0.3, 0.4) is 0 Å². The van der Waals surface area contributed by atoms with Gasteiger partial charge in [-0.1, -0.05) is 6.92 Å². The van der Waals surface area contributed by atoms with E-state index in [1.165, 1.54) is 25.7 Å². The lowest BCUT2D eigenvalue weighted by molar-refractivity contribution is -0.105. The molecule has 0 spiro atoms. The summed E-state index contributed by atoms with van der Waals surface area (Å²) in [4.78, 5) is 0. The van der Waals surface area contributed by atoms with Gasteiger partial charge in [-0.25, -0.2) is 0 Å². The number of aliphatic hydroxyl groups excluding tert-OH is 2. The van der Waals surface area contributed by atoms with E-state index in [0.717, 1.165) is 0 Å². The summed E-state index contributed by atoms with van der Waals surface area (Å²) in [5.74, 6) is 1.68. The van der Waals surface area contributed by atoms with E-state index in [0.29, 0.717) is 17.8 Å². The Morgan fingerprint density at radius 2 is 1.77 bits per heavy atom. The Morgan fingerprint density at radius 3 is 2.15 bits per heavy atom. The molecule has 2 bridgehead atoms. The molecule has 0 amide bonds. The van der Waals surface area contributed by atoms with Crippen molar-refractivity contribution in [3.05, 3.63) is 0 Å². The summed E-state index contributed by atoms with van der Waals surface area (Å²) in [6.07, 6.45) is 5.06. The first-order chi connectivity index (χ1) is 6.22. The maximum Gasteiger partial charge on any atom is 0.0491 e. The summed E-state index contributed by atoms with van der Waals surface area (Å²) >= 11 is 0. The van der Waals surface area contributed by atoms with E-state index in [1.807, 2.05) is 0 Å². The van der Waals surface area contributed by atoms with E-state index >= 15 is 0 Å². The average Bonchev–Trinajstić information content (AvgIpc) is 2.19. The molecule has 0 heterocycles. The molecule has 3 aliphatic carbocycles. The van der Waals surface area contributed by atoms with Crippen LogP contribution in [0.1, 0.15) is 32.6 Å². The molecule has 0 unspecified atom stereocenters. The van der Waals surface area contributed by atoms with E-state index in [9.17, 15) is 10.2 Å². The van der Waals surface area contributed by atoms with Gasteiger partial charge in [0.25, 0.3) is 0 Å². The van der Waals surface area contributed by atoms with Crippen LogP contribution in [0.5, 0.6) is 0 Å². The van der Waals surface area contributed by atoms with Crippen LogP contribution in [0, 0.1) is 23.2 Å². The molecule has 2 N–H and O–H groups in total. The monoisotopic (exact) mass is 184 g/mol. The van der Waals surface area contributed by atoms with E-state index in [2.05, 4.69) is 6.92 Å². The van der Waals surface area contributed by atoms with Crippen molar-refractivity contribution in [1.29, 1.82) is 0 Å². The number of hydrogen-bond donors (Lipinski definition) is 2. The van der Waals surface area contributed by atoms with Gasteiger partial charge >= 0.3 is 0 Å². The molecule has 0 aromatic rings. The Kier molecular flexibility index (Phi) is 2.37. The Bertz CT molecular complexity index is 185. The first-order valence-electron chi connectivity index (χ1n) is 5.44. The smallest absolute Gasteiger partial charge is 0.0491 e. The lowest BCUT2D eigenvalue weighted by Crippen LogP contribution is -2.51. The lowest BCUT2D eigenvalue weighted by Gasteiger charge is -2.54. The normalized spacial score (nSPS) is 49.6. The maximum absolute atomic E-state index is 9.46. The van der Waals surface area contributed by atoms with Crippen molar-refractivity contribution in [2.75, 3.05) is 13.2 Å². The van der Waals surface area contributed by atoms with Gasteiger partial charge in [0, 0.05) is 13.2 Å². The van der Waals surface area contributed by atoms with Gasteiger partial charge in [-0.05, 0) is 48.9 Å². The fraction of sp³-hybridized carbons (Fsp3) is 1.00. The summed E-state index contributed by atoms with van der Waals surface area (Å²) < 4.78 is 0. The Morgan fingerprint density at radius 1 is 1.15 bits per heavy atom. The van der Waals surface area contributed by atoms with Crippen molar-refractivity contribution < 1.29 is 10.2 Å². The quantitative estimate of drug-likeness (QED) is 0.681. The van der Waals surface area contributed by atoms with Gasteiger partial charge in [0.1, 0.15) is 0 Å². The van der Waals surface area contributed by atoms with Gasteiger partial charge in [0.15, 0.2) is 0 Å². The topological polar surface area (TPSA) is 40.5 Å². The second-order valence-electron chi connectivity index (χ2n) is 5.06. The molecule has 2 atom stereocenters.